The lowest BCUT2D eigenvalue weighted by molar-refractivity contribution is 0.171. The number of ether oxygens (including phenoxy) is 2. The van der Waals surface area contributed by atoms with Crippen molar-refractivity contribution >= 4 is 49.1 Å². The smallest absolute Gasteiger partial charge is 0.163 e. The summed E-state index contributed by atoms with van der Waals surface area (Å²) in [7, 11) is 0. The van der Waals surface area contributed by atoms with Crippen LogP contribution in [0.4, 0.5) is 5.69 Å². The van der Waals surface area contributed by atoms with Gasteiger partial charge in [-0.3, -0.25) is 0 Å². The van der Waals surface area contributed by atoms with Crippen LogP contribution in [0.15, 0.2) is 39.3 Å². The van der Waals surface area contributed by atoms with Crippen LogP contribution in [0.2, 0.25) is 5.02 Å². The van der Waals surface area contributed by atoms with E-state index in [9.17, 15) is 0 Å². The third-order valence-corrected chi connectivity index (χ3v) is 4.62. The maximum absolute atomic E-state index is 6.22. The molecule has 0 fully saturated rings. The summed E-state index contributed by atoms with van der Waals surface area (Å²) in [6.45, 7) is 1.79. The number of halogens is 3. The SMILES string of the molecule is Clc1cc(Br)ccc1CNc1cc2c(cc1Br)OCCO2. The van der Waals surface area contributed by atoms with Crippen LogP contribution in [-0.4, -0.2) is 13.2 Å². The zero-order chi connectivity index (χ0) is 14.8. The maximum Gasteiger partial charge on any atom is 0.163 e. The van der Waals surface area contributed by atoms with Gasteiger partial charge in [-0.05, 0) is 33.6 Å². The molecule has 110 valence electrons. The summed E-state index contributed by atoms with van der Waals surface area (Å²) in [6.07, 6.45) is 0. The van der Waals surface area contributed by atoms with Crippen LogP contribution in [0.1, 0.15) is 5.56 Å². The minimum Gasteiger partial charge on any atom is -0.486 e. The molecule has 1 N–H and O–H groups in total. The van der Waals surface area contributed by atoms with Crippen molar-refractivity contribution in [2.24, 2.45) is 0 Å². The van der Waals surface area contributed by atoms with Gasteiger partial charge in [0.25, 0.3) is 0 Å². The Morgan fingerprint density at radius 3 is 2.48 bits per heavy atom. The van der Waals surface area contributed by atoms with Gasteiger partial charge in [0, 0.05) is 32.6 Å². The van der Waals surface area contributed by atoms with Crippen molar-refractivity contribution in [1.82, 2.24) is 0 Å². The third-order valence-electron chi connectivity index (χ3n) is 3.12. The Labute approximate surface area is 144 Å². The molecule has 2 aromatic rings. The zero-order valence-corrected chi connectivity index (χ0v) is 14.9. The van der Waals surface area contributed by atoms with E-state index in [2.05, 4.69) is 37.2 Å². The van der Waals surface area contributed by atoms with Crippen LogP contribution in [-0.2, 0) is 6.54 Å². The topological polar surface area (TPSA) is 30.5 Å². The zero-order valence-electron chi connectivity index (χ0n) is 11.0. The van der Waals surface area contributed by atoms with Gasteiger partial charge in [-0.1, -0.05) is 33.6 Å². The van der Waals surface area contributed by atoms with E-state index in [0.717, 1.165) is 36.7 Å². The largest absolute Gasteiger partial charge is 0.486 e. The standard InChI is InChI=1S/C15H12Br2ClNO2/c16-10-2-1-9(12(18)5-10)8-19-13-7-15-14(6-11(13)17)20-3-4-21-15/h1-2,5-7,19H,3-4,8H2. The van der Waals surface area contributed by atoms with E-state index in [-0.39, 0.29) is 0 Å². The highest BCUT2D eigenvalue weighted by Crippen LogP contribution is 2.38. The van der Waals surface area contributed by atoms with Crippen molar-refractivity contribution in [3.05, 3.63) is 49.9 Å². The first-order valence-electron chi connectivity index (χ1n) is 6.40. The quantitative estimate of drug-likeness (QED) is 0.717. The molecular weight excluding hydrogens is 421 g/mol. The van der Waals surface area contributed by atoms with Crippen LogP contribution in [0.3, 0.4) is 0 Å². The Hall–Kier alpha value is -0.910. The number of anilines is 1. The van der Waals surface area contributed by atoms with E-state index in [1.807, 2.05) is 30.3 Å². The summed E-state index contributed by atoms with van der Waals surface area (Å²) >= 11 is 13.2. The first-order valence-corrected chi connectivity index (χ1v) is 8.37. The first kappa shape index (κ1) is 15.0. The molecule has 0 saturated heterocycles. The molecule has 21 heavy (non-hydrogen) atoms. The molecule has 1 aliphatic rings. The second-order valence-corrected chi connectivity index (χ2v) is 6.74. The van der Waals surface area contributed by atoms with Crippen LogP contribution >= 0.6 is 43.5 Å². The van der Waals surface area contributed by atoms with Crippen LogP contribution < -0.4 is 14.8 Å². The predicted molar refractivity (Wildman–Crippen MR) is 91.6 cm³/mol. The van der Waals surface area contributed by atoms with E-state index in [1.54, 1.807) is 0 Å². The molecule has 0 aliphatic carbocycles. The van der Waals surface area contributed by atoms with Gasteiger partial charge in [0.1, 0.15) is 13.2 Å². The molecule has 2 aromatic carbocycles. The molecule has 0 aromatic heterocycles. The molecule has 1 aliphatic heterocycles. The summed E-state index contributed by atoms with van der Waals surface area (Å²) in [5.74, 6) is 1.52. The van der Waals surface area contributed by atoms with E-state index < -0.39 is 0 Å². The number of benzene rings is 2. The Morgan fingerprint density at radius 2 is 1.76 bits per heavy atom. The summed E-state index contributed by atoms with van der Waals surface area (Å²) in [6, 6.07) is 9.70. The highest BCUT2D eigenvalue weighted by atomic mass is 79.9. The van der Waals surface area contributed by atoms with Crippen LogP contribution in [0.5, 0.6) is 11.5 Å². The molecule has 0 atom stereocenters. The Morgan fingerprint density at radius 1 is 1.05 bits per heavy atom. The average molecular weight is 434 g/mol. The minimum atomic E-state index is 0.576. The molecule has 6 heteroatoms. The van der Waals surface area contributed by atoms with E-state index >= 15 is 0 Å². The fraction of sp³-hybridized carbons (Fsp3) is 0.200. The second-order valence-electron chi connectivity index (χ2n) is 4.56. The van der Waals surface area contributed by atoms with E-state index in [1.165, 1.54) is 0 Å². The summed E-state index contributed by atoms with van der Waals surface area (Å²) in [5, 5.41) is 4.08. The van der Waals surface area contributed by atoms with Crippen molar-refractivity contribution in [2.45, 2.75) is 6.54 Å². The molecular formula is C15H12Br2ClNO2. The van der Waals surface area contributed by atoms with Gasteiger partial charge >= 0.3 is 0 Å². The fourth-order valence-electron chi connectivity index (χ4n) is 2.05. The first-order chi connectivity index (χ1) is 10.1. The summed E-state index contributed by atoms with van der Waals surface area (Å²) in [5.41, 5.74) is 1.97. The average Bonchev–Trinajstić information content (AvgIpc) is 2.46. The van der Waals surface area contributed by atoms with Crippen LogP contribution in [0, 0.1) is 0 Å². The van der Waals surface area contributed by atoms with E-state index in [4.69, 9.17) is 21.1 Å². The number of hydrogen-bond acceptors (Lipinski definition) is 3. The van der Waals surface area contributed by atoms with Gasteiger partial charge in [-0.15, -0.1) is 0 Å². The van der Waals surface area contributed by atoms with Gasteiger partial charge in [-0.25, -0.2) is 0 Å². The lowest BCUT2D eigenvalue weighted by atomic mass is 10.2. The van der Waals surface area contributed by atoms with Gasteiger partial charge in [-0.2, -0.15) is 0 Å². The van der Waals surface area contributed by atoms with Crippen molar-refractivity contribution in [3.8, 4) is 11.5 Å². The molecule has 3 nitrogen and oxygen atoms in total. The third kappa shape index (κ3) is 3.47. The normalized spacial score (nSPS) is 13.1. The molecule has 3 rings (SSSR count). The Balaban J connectivity index is 1.78. The van der Waals surface area contributed by atoms with Crippen molar-refractivity contribution in [2.75, 3.05) is 18.5 Å². The van der Waals surface area contributed by atoms with Crippen molar-refractivity contribution in [1.29, 1.82) is 0 Å². The van der Waals surface area contributed by atoms with Crippen molar-refractivity contribution < 1.29 is 9.47 Å². The highest BCUT2D eigenvalue weighted by molar-refractivity contribution is 9.10. The van der Waals surface area contributed by atoms with Crippen LogP contribution in [0.25, 0.3) is 0 Å². The number of hydrogen-bond donors (Lipinski definition) is 1. The summed E-state index contributed by atoms with van der Waals surface area (Å²) in [4.78, 5) is 0. The summed E-state index contributed by atoms with van der Waals surface area (Å²) < 4.78 is 13.0. The Kier molecular flexibility index (Phi) is 4.62. The molecule has 0 bridgehead atoms. The molecule has 0 spiro atoms. The highest BCUT2D eigenvalue weighted by Gasteiger charge is 2.15. The number of nitrogens with one attached hydrogen (secondary N) is 1. The molecule has 0 saturated carbocycles. The van der Waals surface area contributed by atoms with E-state index in [0.29, 0.717) is 19.8 Å². The van der Waals surface area contributed by atoms with Crippen molar-refractivity contribution in [3.63, 3.8) is 0 Å². The molecule has 1 heterocycles. The van der Waals surface area contributed by atoms with Gasteiger partial charge < -0.3 is 14.8 Å². The minimum absolute atomic E-state index is 0.576. The number of rotatable bonds is 3. The Bertz CT molecular complexity index is 679. The molecule has 0 radical (unpaired) electrons. The molecule has 0 amide bonds. The maximum atomic E-state index is 6.22. The lowest BCUT2D eigenvalue weighted by Crippen LogP contribution is -2.15. The van der Waals surface area contributed by atoms with Gasteiger partial charge in [0.05, 0.1) is 5.69 Å². The monoisotopic (exact) mass is 431 g/mol. The molecule has 0 unspecified atom stereocenters. The fourth-order valence-corrected chi connectivity index (χ4v) is 3.26. The lowest BCUT2D eigenvalue weighted by Gasteiger charge is -2.20. The number of fused-ring (bicyclic) bond motifs is 1. The van der Waals surface area contributed by atoms with Gasteiger partial charge in [0.15, 0.2) is 11.5 Å². The van der Waals surface area contributed by atoms with Gasteiger partial charge in [0.2, 0.25) is 0 Å². The second kappa shape index (κ2) is 6.46. The predicted octanol–water partition coefficient (Wildman–Crippen LogP) is 5.25.